The van der Waals surface area contributed by atoms with Gasteiger partial charge < -0.3 is 10.2 Å². The van der Waals surface area contributed by atoms with Crippen LogP contribution in [0.5, 0.6) is 0 Å². The lowest BCUT2D eigenvalue weighted by molar-refractivity contribution is 0.0440. The summed E-state index contributed by atoms with van der Waals surface area (Å²) in [5, 5.41) is 3.72. The van der Waals surface area contributed by atoms with Crippen molar-refractivity contribution >= 4 is 0 Å². The van der Waals surface area contributed by atoms with Gasteiger partial charge >= 0.3 is 0 Å². The molecule has 2 nitrogen and oxygen atoms in total. The fourth-order valence-corrected chi connectivity index (χ4v) is 3.42. The van der Waals surface area contributed by atoms with Gasteiger partial charge in [-0.25, -0.2) is 0 Å². The topological polar surface area (TPSA) is 15.3 Å². The number of nitrogens with zero attached hydrogens (tertiary/aromatic N) is 1. The Balaban J connectivity index is 2.88. The molecule has 0 heterocycles. The third kappa shape index (κ3) is 3.58. The lowest BCUT2D eigenvalue weighted by atomic mass is 9.70. The Morgan fingerprint density at radius 1 is 1.39 bits per heavy atom. The van der Waals surface area contributed by atoms with Crippen molar-refractivity contribution in [1.82, 2.24) is 10.2 Å². The highest BCUT2D eigenvalue weighted by Gasteiger charge is 2.42. The summed E-state index contributed by atoms with van der Waals surface area (Å²) in [6.07, 6.45) is 6.44. The summed E-state index contributed by atoms with van der Waals surface area (Å²) in [4.78, 5) is 2.47. The molecular weight excluding hydrogens is 220 g/mol. The summed E-state index contributed by atoms with van der Waals surface area (Å²) in [5.74, 6) is 0.894. The smallest absolute Gasteiger partial charge is 0.0359 e. The number of rotatable bonds is 6. The molecule has 1 aliphatic carbocycles. The van der Waals surface area contributed by atoms with Gasteiger partial charge in [-0.15, -0.1) is 6.58 Å². The minimum atomic E-state index is 0.321. The lowest BCUT2D eigenvalue weighted by Crippen LogP contribution is -2.60. The largest absolute Gasteiger partial charge is 0.312 e. The van der Waals surface area contributed by atoms with E-state index in [1.165, 1.54) is 31.3 Å². The van der Waals surface area contributed by atoms with Crippen molar-refractivity contribution in [3.05, 3.63) is 12.2 Å². The third-order valence-electron chi connectivity index (χ3n) is 4.68. The molecule has 106 valence electrons. The van der Waals surface area contributed by atoms with Gasteiger partial charge in [0.05, 0.1) is 0 Å². The van der Waals surface area contributed by atoms with Crippen LogP contribution in [0.1, 0.15) is 52.9 Å². The standard InChI is InChI=1S/C16H32N2/c1-7-17-15(12-13(2)3)16(18(5)6)10-8-14(4)9-11-16/h14-15,17H,2,7-12H2,1,3-6H3. The predicted octanol–water partition coefficient (Wildman–Crippen LogP) is 3.44. The van der Waals surface area contributed by atoms with Gasteiger partial charge in [-0.1, -0.05) is 19.4 Å². The van der Waals surface area contributed by atoms with E-state index < -0.39 is 0 Å². The molecule has 1 saturated carbocycles. The van der Waals surface area contributed by atoms with Crippen molar-refractivity contribution in [3.63, 3.8) is 0 Å². The second-order valence-electron chi connectivity index (χ2n) is 6.45. The third-order valence-corrected chi connectivity index (χ3v) is 4.68. The van der Waals surface area contributed by atoms with Gasteiger partial charge in [0.25, 0.3) is 0 Å². The molecule has 18 heavy (non-hydrogen) atoms. The number of likely N-dealkylation sites (N-methyl/N-ethyl adjacent to an activating group) is 2. The Kier molecular flexibility index (Phi) is 5.87. The van der Waals surface area contributed by atoms with Crippen LogP contribution < -0.4 is 5.32 Å². The Bertz CT molecular complexity index is 262. The van der Waals surface area contributed by atoms with Crippen molar-refractivity contribution in [2.75, 3.05) is 20.6 Å². The van der Waals surface area contributed by atoms with Crippen molar-refractivity contribution in [2.24, 2.45) is 5.92 Å². The number of nitrogens with one attached hydrogen (secondary N) is 1. The highest BCUT2D eigenvalue weighted by Crippen LogP contribution is 2.39. The van der Waals surface area contributed by atoms with Crippen molar-refractivity contribution in [2.45, 2.75) is 64.5 Å². The van der Waals surface area contributed by atoms with Gasteiger partial charge in [-0.2, -0.15) is 0 Å². The SMILES string of the molecule is C=C(C)CC(NCC)C1(N(C)C)CCC(C)CC1. The van der Waals surface area contributed by atoms with E-state index in [1.54, 1.807) is 0 Å². The van der Waals surface area contributed by atoms with Gasteiger partial charge in [0.1, 0.15) is 0 Å². The molecule has 0 aromatic carbocycles. The first-order chi connectivity index (χ1) is 8.42. The van der Waals surface area contributed by atoms with Crippen LogP contribution in [0, 0.1) is 5.92 Å². The van der Waals surface area contributed by atoms with Crippen LogP contribution in [-0.2, 0) is 0 Å². The molecule has 0 saturated heterocycles. The molecular formula is C16H32N2. The summed E-state index contributed by atoms with van der Waals surface area (Å²) in [6, 6.07) is 0.544. The maximum Gasteiger partial charge on any atom is 0.0359 e. The van der Waals surface area contributed by atoms with Crippen molar-refractivity contribution < 1.29 is 0 Å². The lowest BCUT2D eigenvalue weighted by Gasteiger charge is -2.50. The molecule has 0 aromatic rings. The number of hydrogen-bond acceptors (Lipinski definition) is 2. The van der Waals surface area contributed by atoms with Crippen LogP contribution in [0.25, 0.3) is 0 Å². The van der Waals surface area contributed by atoms with E-state index in [0.717, 1.165) is 18.9 Å². The Hall–Kier alpha value is -0.340. The zero-order chi connectivity index (χ0) is 13.8. The minimum Gasteiger partial charge on any atom is -0.312 e. The molecule has 0 amide bonds. The fourth-order valence-electron chi connectivity index (χ4n) is 3.42. The van der Waals surface area contributed by atoms with Gasteiger partial charge in [-0.05, 0) is 65.6 Å². The number of hydrogen-bond donors (Lipinski definition) is 1. The van der Waals surface area contributed by atoms with Crippen molar-refractivity contribution in [3.8, 4) is 0 Å². The molecule has 1 rings (SSSR count). The summed E-state index contributed by atoms with van der Waals surface area (Å²) < 4.78 is 0. The van der Waals surface area contributed by atoms with Crippen LogP contribution in [0.15, 0.2) is 12.2 Å². The van der Waals surface area contributed by atoms with E-state index in [0.29, 0.717) is 11.6 Å². The monoisotopic (exact) mass is 252 g/mol. The minimum absolute atomic E-state index is 0.321. The first-order valence-corrected chi connectivity index (χ1v) is 7.47. The van der Waals surface area contributed by atoms with Gasteiger partial charge in [0.2, 0.25) is 0 Å². The molecule has 0 radical (unpaired) electrons. The molecule has 1 unspecified atom stereocenters. The molecule has 1 atom stereocenters. The Morgan fingerprint density at radius 3 is 2.33 bits per heavy atom. The predicted molar refractivity (Wildman–Crippen MR) is 80.9 cm³/mol. The van der Waals surface area contributed by atoms with Crippen LogP contribution in [-0.4, -0.2) is 37.1 Å². The molecule has 1 fully saturated rings. The maximum absolute atomic E-state index is 4.12. The first kappa shape index (κ1) is 15.7. The summed E-state index contributed by atoms with van der Waals surface area (Å²) in [5.41, 5.74) is 1.61. The fraction of sp³-hybridized carbons (Fsp3) is 0.875. The van der Waals surface area contributed by atoms with Crippen molar-refractivity contribution in [1.29, 1.82) is 0 Å². The van der Waals surface area contributed by atoms with E-state index in [2.05, 4.69) is 51.7 Å². The molecule has 0 bridgehead atoms. The van der Waals surface area contributed by atoms with E-state index in [4.69, 9.17) is 0 Å². The van der Waals surface area contributed by atoms with Crippen LogP contribution in [0.3, 0.4) is 0 Å². The molecule has 2 heteroatoms. The first-order valence-electron chi connectivity index (χ1n) is 7.47. The second kappa shape index (κ2) is 6.72. The summed E-state index contributed by atoms with van der Waals surface area (Å²) in [7, 11) is 4.50. The van der Waals surface area contributed by atoms with E-state index in [1.807, 2.05) is 0 Å². The highest BCUT2D eigenvalue weighted by molar-refractivity contribution is 5.06. The molecule has 0 aliphatic heterocycles. The van der Waals surface area contributed by atoms with E-state index in [9.17, 15) is 0 Å². The average molecular weight is 252 g/mol. The summed E-state index contributed by atoms with van der Waals surface area (Å²) in [6.45, 7) is 11.9. The Labute approximate surface area is 114 Å². The Morgan fingerprint density at radius 2 is 1.94 bits per heavy atom. The van der Waals surface area contributed by atoms with Crippen LogP contribution in [0.2, 0.25) is 0 Å². The maximum atomic E-state index is 4.12. The molecule has 0 aromatic heterocycles. The van der Waals surface area contributed by atoms with Gasteiger partial charge in [0.15, 0.2) is 0 Å². The second-order valence-corrected chi connectivity index (χ2v) is 6.45. The molecule has 0 spiro atoms. The zero-order valence-electron chi connectivity index (χ0n) is 13.1. The summed E-state index contributed by atoms with van der Waals surface area (Å²) >= 11 is 0. The van der Waals surface area contributed by atoms with E-state index >= 15 is 0 Å². The van der Waals surface area contributed by atoms with Gasteiger partial charge in [-0.3, -0.25) is 0 Å². The van der Waals surface area contributed by atoms with Crippen LogP contribution in [0.4, 0.5) is 0 Å². The van der Waals surface area contributed by atoms with E-state index in [-0.39, 0.29) is 0 Å². The zero-order valence-corrected chi connectivity index (χ0v) is 13.1. The molecule has 1 aliphatic rings. The highest BCUT2D eigenvalue weighted by atomic mass is 15.2. The molecule has 1 N–H and O–H groups in total. The van der Waals surface area contributed by atoms with Crippen LogP contribution >= 0.6 is 0 Å². The average Bonchev–Trinajstić information content (AvgIpc) is 2.29. The quantitative estimate of drug-likeness (QED) is 0.729. The van der Waals surface area contributed by atoms with Gasteiger partial charge in [0, 0.05) is 11.6 Å². The normalized spacial score (nSPS) is 30.4.